The molecule has 0 aromatic heterocycles. The lowest BCUT2D eigenvalue weighted by Gasteiger charge is -2.18. The van der Waals surface area contributed by atoms with Gasteiger partial charge in [-0.25, -0.2) is 4.79 Å². The van der Waals surface area contributed by atoms with Gasteiger partial charge in [-0.1, -0.05) is 13.8 Å². The van der Waals surface area contributed by atoms with Crippen LogP contribution in [0.25, 0.3) is 0 Å². The Morgan fingerprint density at radius 2 is 1.95 bits per heavy atom. The summed E-state index contributed by atoms with van der Waals surface area (Å²) in [5, 5.41) is 21.0. The van der Waals surface area contributed by atoms with Crippen LogP contribution in [-0.2, 0) is 4.79 Å². The molecule has 0 unspecified atom stereocenters. The minimum atomic E-state index is -1.12. The molecule has 0 radical (unpaired) electrons. The molecule has 1 amide bonds. The first kappa shape index (κ1) is 14.8. The molecule has 3 N–H and O–H groups in total. The highest BCUT2D eigenvalue weighted by Crippen LogP contribution is 2.23. The number of phenolic OH excluding ortho intramolecular Hbond substituents is 1. The van der Waals surface area contributed by atoms with Gasteiger partial charge < -0.3 is 20.3 Å². The van der Waals surface area contributed by atoms with E-state index in [1.165, 1.54) is 25.3 Å². The van der Waals surface area contributed by atoms with E-state index in [1.54, 1.807) is 13.8 Å². The molecule has 19 heavy (non-hydrogen) atoms. The van der Waals surface area contributed by atoms with Crippen LogP contribution in [0.5, 0.6) is 11.5 Å². The maximum absolute atomic E-state index is 12.0. The lowest BCUT2D eigenvalue weighted by molar-refractivity contribution is -0.140. The summed E-state index contributed by atoms with van der Waals surface area (Å²) in [6, 6.07) is 3.16. The number of nitrogens with one attached hydrogen (secondary N) is 1. The van der Waals surface area contributed by atoms with Crippen LogP contribution in [0.15, 0.2) is 18.2 Å². The molecular weight excluding hydrogens is 250 g/mol. The fourth-order valence-electron chi connectivity index (χ4n) is 1.56. The highest BCUT2D eigenvalue weighted by atomic mass is 16.5. The number of methoxy groups -OCH3 is 1. The SMILES string of the molecule is COc1ccc(O)c(C(=O)N[C@@H](C(=O)O)C(C)C)c1. The number of rotatable bonds is 5. The smallest absolute Gasteiger partial charge is 0.326 e. The standard InChI is InChI=1S/C13H17NO5/c1-7(2)11(13(17)18)14-12(16)9-6-8(19-3)4-5-10(9)15/h4-7,11,15H,1-3H3,(H,14,16)(H,17,18)/t11-/m1/s1. The van der Waals surface area contributed by atoms with Gasteiger partial charge >= 0.3 is 5.97 Å². The number of carboxylic acid groups (broad SMARTS) is 1. The molecule has 1 rings (SSSR count). The summed E-state index contributed by atoms with van der Waals surface area (Å²) < 4.78 is 4.95. The average Bonchev–Trinajstić information content (AvgIpc) is 2.35. The minimum Gasteiger partial charge on any atom is -0.507 e. The molecule has 1 aromatic carbocycles. The van der Waals surface area contributed by atoms with Crippen LogP contribution in [0.3, 0.4) is 0 Å². The van der Waals surface area contributed by atoms with Gasteiger partial charge in [0.15, 0.2) is 0 Å². The first-order valence-corrected chi connectivity index (χ1v) is 5.77. The zero-order valence-corrected chi connectivity index (χ0v) is 11.0. The fourth-order valence-corrected chi connectivity index (χ4v) is 1.56. The third-order valence-corrected chi connectivity index (χ3v) is 2.67. The molecule has 0 fully saturated rings. The Kier molecular flexibility index (Phi) is 4.74. The van der Waals surface area contributed by atoms with Gasteiger partial charge in [0.2, 0.25) is 0 Å². The highest BCUT2D eigenvalue weighted by Gasteiger charge is 2.25. The van der Waals surface area contributed by atoms with Crippen molar-refractivity contribution in [2.75, 3.05) is 7.11 Å². The van der Waals surface area contributed by atoms with E-state index in [-0.39, 0.29) is 17.2 Å². The number of carboxylic acids is 1. The third kappa shape index (κ3) is 3.61. The molecule has 1 atom stereocenters. The molecule has 0 heterocycles. The van der Waals surface area contributed by atoms with Crippen LogP contribution >= 0.6 is 0 Å². The van der Waals surface area contributed by atoms with Crippen molar-refractivity contribution in [3.05, 3.63) is 23.8 Å². The molecule has 1 aromatic rings. The molecule has 0 spiro atoms. The highest BCUT2D eigenvalue weighted by molar-refractivity contribution is 5.99. The number of phenols is 1. The van der Waals surface area contributed by atoms with Gasteiger partial charge in [0.05, 0.1) is 12.7 Å². The van der Waals surface area contributed by atoms with E-state index < -0.39 is 17.9 Å². The minimum absolute atomic E-state index is 0.0220. The molecule has 0 bridgehead atoms. The van der Waals surface area contributed by atoms with Gasteiger partial charge in [-0.3, -0.25) is 4.79 Å². The lowest BCUT2D eigenvalue weighted by atomic mass is 10.0. The van der Waals surface area contributed by atoms with Gasteiger partial charge in [-0.2, -0.15) is 0 Å². The second-order valence-electron chi connectivity index (χ2n) is 4.42. The quantitative estimate of drug-likeness (QED) is 0.746. The van der Waals surface area contributed by atoms with E-state index in [1.807, 2.05) is 0 Å². The van der Waals surface area contributed by atoms with E-state index in [0.717, 1.165) is 0 Å². The number of aromatic hydroxyl groups is 1. The first-order valence-electron chi connectivity index (χ1n) is 5.77. The normalized spacial score (nSPS) is 12.0. The van der Waals surface area contributed by atoms with Crippen molar-refractivity contribution < 1.29 is 24.5 Å². The summed E-state index contributed by atoms with van der Waals surface area (Å²) in [6.07, 6.45) is 0. The number of amides is 1. The van der Waals surface area contributed by atoms with Crippen molar-refractivity contribution in [2.24, 2.45) is 5.92 Å². The van der Waals surface area contributed by atoms with Crippen molar-refractivity contribution in [1.29, 1.82) is 0 Å². The Morgan fingerprint density at radius 3 is 2.42 bits per heavy atom. The molecule has 0 aliphatic rings. The summed E-state index contributed by atoms with van der Waals surface area (Å²) in [5.74, 6) is -1.87. The van der Waals surface area contributed by atoms with E-state index in [9.17, 15) is 14.7 Å². The summed E-state index contributed by atoms with van der Waals surface area (Å²) in [6.45, 7) is 3.37. The number of aliphatic carboxylic acids is 1. The molecule has 0 saturated carbocycles. The summed E-state index contributed by atoms with van der Waals surface area (Å²) >= 11 is 0. The Labute approximate surface area is 111 Å². The van der Waals surface area contributed by atoms with Gasteiger partial charge in [0, 0.05) is 0 Å². The molecular formula is C13H17NO5. The molecule has 6 heteroatoms. The monoisotopic (exact) mass is 267 g/mol. The Bertz CT molecular complexity index is 484. The van der Waals surface area contributed by atoms with E-state index in [4.69, 9.17) is 9.84 Å². The third-order valence-electron chi connectivity index (χ3n) is 2.67. The van der Waals surface area contributed by atoms with Gasteiger partial charge in [-0.05, 0) is 24.1 Å². The number of hydrogen-bond acceptors (Lipinski definition) is 4. The van der Waals surface area contributed by atoms with E-state index in [0.29, 0.717) is 5.75 Å². The average molecular weight is 267 g/mol. The largest absolute Gasteiger partial charge is 0.507 e. The number of carbonyl (C=O) groups excluding carboxylic acids is 1. The molecule has 104 valence electrons. The van der Waals surface area contributed by atoms with Crippen molar-refractivity contribution in [2.45, 2.75) is 19.9 Å². The van der Waals surface area contributed by atoms with E-state index >= 15 is 0 Å². The van der Waals surface area contributed by atoms with E-state index in [2.05, 4.69) is 5.32 Å². The predicted molar refractivity (Wildman–Crippen MR) is 68.4 cm³/mol. The Hall–Kier alpha value is -2.24. The Balaban J connectivity index is 2.97. The van der Waals surface area contributed by atoms with Crippen molar-refractivity contribution in [3.8, 4) is 11.5 Å². The van der Waals surface area contributed by atoms with Crippen LogP contribution in [0.2, 0.25) is 0 Å². The van der Waals surface area contributed by atoms with Crippen LogP contribution in [-0.4, -0.2) is 35.2 Å². The topological polar surface area (TPSA) is 95.9 Å². The lowest BCUT2D eigenvalue weighted by Crippen LogP contribution is -2.44. The summed E-state index contributed by atoms with van der Waals surface area (Å²) in [4.78, 5) is 23.0. The summed E-state index contributed by atoms with van der Waals surface area (Å²) in [5.41, 5.74) is -0.0220. The molecule has 6 nitrogen and oxygen atoms in total. The first-order chi connectivity index (χ1) is 8.86. The zero-order chi connectivity index (χ0) is 14.6. The molecule has 0 aliphatic carbocycles. The molecule has 0 saturated heterocycles. The van der Waals surface area contributed by atoms with Crippen LogP contribution in [0.1, 0.15) is 24.2 Å². The van der Waals surface area contributed by atoms with Crippen molar-refractivity contribution >= 4 is 11.9 Å². The number of benzene rings is 1. The second-order valence-corrected chi connectivity index (χ2v) is 4.42. The number of hydrogen-bond donors (Lipinski definition) is 3. The maximum Gasteiger partial charge on any atom is 0.326 e. The van der Waals surface area contributed by atoms with Gasteiger partial charge in [-0.15, -0.1) is 0 Å². The van der Waals surface area contributed by atoms with Crippen molar-refractivity contribution in [1.82, 2.24) is 5.32 Å². The predicted octanol–water partition coefficient (Wildman–Crippen LogP) is 1.24. The van der Waals surface area contributed by atoms with Crippen LogP contribution in [0, 0.1) is 5.92 Å². The second kappa shape index (κ2) is 6.08. The molecule has 0 aliphatic heterocycles. The van der Waals surface area contributed by atoms with Gasteiger partial charge in [0.25, 0.3) is 5.91 Å². The maximum atomic E-state index is 12.0. The fraction of sp³-hybridized carbons (Fsp3) is 0.385. The van der Waals surface area contributed by atoms with Gasteiger partial charge in [0.1, 0.15) is 17.5 Å². The summed E-state index contributed by atoms with van der Waals surface area (Å²) in [7, 11) is 1.43. The Morgan fingerprint density at radius 1 is 1.32 bits per heavy atom. The number of carbonyl (C=O) groups is 2. The van der Waals surface area contributed by atoms with Crippen LogP contribution < -0.4 is 10.1 Å². The zero-order valence-electron chi connectivity index (χ0n) is 11.0. The van der Waals surface area contributed by atoms with Crippen LogP contribution in [0.4, 0.5) is 0 Å². The number of ether oxygens (including phenoxy) is 1. The van der Waals surface area contributed by atoms with Crippen molar-refractivity contribution in [3.63, 3.8) is 0 Å².